The van der Waals surface area contributed by atoms with Crippen LogP contribution in [0.2, 0.25) is 5.02 Å². The highest BCUT2D eigenvalue weighted by molar-refractivity contribution is 6.35. The Bertz CT molecular complexity index is 602. The first kappa shape index (κ1) is 16.1. The van der Waals surface area contributed by atoms with E-state index in [1.807, 2.05) is 12.3 Å². The van der Waals surface area contributed by atoms with Gasteiger partial charge in [-0.3, -0.25) is 25.2 Å². The Labute approximate surface area is 132 Å². The molecule has 1 fully saturated rings. The molecule has 0 atom stereocenters. The van der Waals surface area contributed by atoms with Crippen molar-refractivity contribution in [1.82, 2.24) is 16.2 Å². The molecule has 0 aliphatic heterocycles. The van der Waals surface area contributed by atoms with E-state index in [0.717, 1.165) is 18.4 Å². The molecular formula is C14H16ClN3O4. The third kappa shape index (κ3) is 4.92. The van der Waals surface area contributed by atoms with E-state index >= 15 is 0 Å². The van der Waals surface area contributed by atoms with Gasteiger partial charge >= 0.3 is 11.8 Å². The second-order valence-corrected chi connectivity index (χ2v) is 5.36. The number of aryl methyl sites for hydroxylation is 1. The quantitative estimate of drug-likeness (QED) is 0.553. The molecule has 3 amide bonds. The van der Waals surface area contributed by atoms with E-state index in [9.17, 15) is 14.4 Å². The maximum absolute atomic E-state index is 11.5. The lowest BCUT2D eigenvalue weighted by atomic mass is 10.2. The van der Waals surface area contributed by atoms with E-state index in [2.05, 4.69) is 10.7 Å². The van der Waals surface area contributed by atoms with Crippen LogP contribution in [-0.2, 0) is 14.4 Å². The van der Waals surface area contributed by atoms with Gasteiger partial charge in [0.1, 0.15) is 5.75 Å². The molecule has 0 spiro atoms. The number of halogens is 1. The molecule has 0 radical (unpaired) electrons. The number of rotatable bonds is 4. The number of hydrogen-bond acceptors (Lipinski definition) is 4. The number of nitrogens with one attached hydrogen (secondary N) is 3. The van der Waals surface area contributed by atoms with Crippen molar-refractivity contribution in [2.24, 2.45) is 0 Å². The molecule has 0 saturated heterocycles. The molecule has 1 aromatic carbocycles. The van der Waals surface area contributed by atoms with Crippen molar-refractivity contribution in [3.05, 3.63) is 28.8 Å². The lowest BCUT2D eigenvalue weighted by molar-refractivity contribution is -0.141. The van der Waals surface area contributed by atoms with E-state index in [0.29, 0.717) is 10.8 Å². The molecule has 7 nitrogen and oxygen atoms in total. The normalized spacial score (nSPS) is 13.2. The zero-order valence-corrected chi connectivity index (χ0v) is 12.7. The molecular weight excluding hydrogens is 310 g/mol. The van der Waals surface area contributed by atoms with Crippen molar-refractivity contribution < 1.29 is 19.1 Å². The van der Waals surface area contributed by atoms with Gasteiger partial charge in [-0.25, -0.2) is 0 Å². The molecule has 22 heavy (non-hydrogen) atoms. The average molecular weight is 326 g/mol. The van der Waals surface area contributed by atoms with E-state index in [1.165, 1.54) is 0 Å². The molecule has 2 rings (SSSR count). The Balaban J connectivity index is 1.69. The van der Waals surface area contributed by atoms with Gasteiger partial charge in [0, 0.05) is 11.1 Å². The maximum Gasteiger partial charge on any atom is 0.327 e. The summed E-state index contributed by atoms with van der Waals surface area (Å²) in [4.78, 5) is 34.2. The van der Waals surface area contributed by atoms with Crippen LogP contribution < -0.4 is 20.9 Å². The smallest absolute Gasteiger partial charge is 0.327 e. The third-order valence-electron chi connectivity index (χ3n) is 2.93. The van der Waals surface area contributed by atoms with Crippen LogP contribution in [-0.4, -0.2) is 30.4 Å². The summed E-state index contributed by atoms with van der Waals surface area (Å²) in [6.45, 7) is 1.51. The maximum atomic E-state index is 11.5. The molecule has 0 bridgehead atoms. The van der Waals surface area contributed by atoms with Gasteiger partial charge in [-0.05, 0) is 43.5 Å². The van der Waals surface area contributed by atoms with E-state index < -0.39 is 17.7 Å². The summed E-state index contributed by atoms with van der Waals surface area (Å²) in [5.74, 6) is -1.78. The fourth-order valence-corrected chi connectivity index (χ4v) is 1.67. The van der Waals surface area contributed by atoms with Crippen LogP contribution in [0.1, 0.15) is 18.4 Å². The van der Waals surface area contributed by atoms with E-state index in [4.69, 9.17) is 16.3 Å². The number of carbonyl (C=O) groups is 3. The largest absolute Gasteiger partial charge is 0.484 e. The van der Waals surface area contributed by atoms with Crippen LogP contribution in [0, 0.1) is 6.92 Å². The van der Waals surface area contributed by atoms with E-state index in [1.54, 1.807) is 18.2 Å². The Morgan fingerprint density at radius 2 is 1.95 bits per heavy atom. The van der Waals surface area contributed by atoms with Crippen molar-refractivity contribution in [3.63, 3.8) is 0 Å². The minimum atomic E-state index is -0.914. The predicted molar refractivity (Wildman–Crippen MR) is 79.1 cm³/mol. The second kappa shape index (κ2) is 7.13. The van der Waals surface area contributed by atoms with E-state index in [-0.39, 0.29) is 12.6 Å². The van der Waals surface area contributed by atoms with Gasteiger partial charge in [0.2, 0.25) is 0 Å². The predicted octanol–water partition coefficient (Wildman–Crippen LogP) is 0.453. The van der Waals surface area contributed by atoms with Gasteiger partial charge in [-0.1, -0.05) is 11.6 Å². The number of hydrazine groups is 1. The highest BCUT2D eigenvalue weighted by Gasteiger charge is 2.26. The molecule has 1 aliphatic carbocycles. The van der Waals surface area contributed by atoms with Gasteiger partial charge in [0.25, 0.3) is 5.91 Å². The van der Waals surface area contributed by atoms with Crippen LogP contribution in [0.15, 0.2) is 18.2 Å². The molecule has 0 unspecified atom stereocenters. The van der Waals surface area contributed by atoms with Crippen LogP contribution in [0.5, 0.6) is 5.75 Å². The van der Waals surface area contributed by atoms with Gasteiger partial charge in [-0.15, -0.1) is 0 Å². The van der Waals surface area contributed by atoms with Gasteiger partial charge in [-0.2, -0.15) is 0 Å². The fourth-order valence-electron chi connectivity index (χ4n) is 1.55. The van der Waals surface area contributed by atoms with Crippen molar-refractivity contribution >= 4 is 29.3 Å². The van der Waals surface area contributed by atoms with Gasteiger partial charge in [0.15, 0.2) is 6.61 Å². The monoisotopic (exact) mass is 325 g/mol. The van der Waals surface area contributed by atoms with Gasteiger partial charge in [0.05, 0.1) is 0 Å². The second-order valence-electron chi connectivity index (χ2n) is 4.95. The summed E-state index contributed by atoms with van der Waals surface area (Å²) in [5, 5.41) is 3.10. The Kier molecular flexibility index (Phi) is 5.21. The van der Waals surface area contributed by atoms with Crippen LogP contribution in [0.3, 0.4) is 0 Å². The molecule has 0 aromatic heterocycles. The first-order chi connectivity index (χ1) is 10.5. The Morgan fingerprint density at radius 3 is 2.59 bits per heavy atom. The minimum absolute atomic E-state index is 0.0745. The zero-order valence-electron chi connectivity index (χ0n) is 11.9. The molecule has 1 aliphatic rings. The standard InChI is InChI=1S/C14H16ClN3O4/c1-8-6-10(4-5-11(8)15)22-7-12(19)17-18-14(21)13(20)16-9-2-3-9/h4-6,9H,2-3,7H2,1H3,(H,16,20)(H,17,19)(H,18,21). The fraction of sp³-hybridized carbons (Fsp3) is 0.357. The summed E-state index contributed by atoms with van der Waals surface area (Å²) in [7, 11) is 0. The number of amides is 3. The minimum Gasteiger partial charge on any atom is -0.484 e. The number of benzene rings is 1. The average Bonchev–Trinajstić information content (AvgIpc) is 3.29. The highest BCUT2D eigenvalue weighted by Crippen LogP contribution is 2.20. The lowest BCUT2D eigenvalue weighted by Gasteiger charge is -2.09. The summed E-state index contributed by atoms with van der Waals surface area (Å²) < 4.78 is 5.25. The van der Waals surface area contributed by atoms with Crippen LogP contribution in [0.4, 0.5) is 0 Å². The first-order valence-electron chi connectivity index (χ1n) is 6.74. The summed E-state index contributed by atoms with van der Waals surface area (Å²) >= 11 is 5.88. The SMILES string of the molecule is Cc1cc(OCC(=O)NNC(=O)C(=O)NC2CC2)ccc1Cl. The van der Waals surface area contributed by atoms with Crippen LogP contribution >= 0.6 is 11.6 Å². The molecule has 3 N–H and O–H groups in total. The van der Waals surface area contributed by atoms with Crippen molar-refractivity contribution in [1.29, 1.82) is 0 Å². The molecule has 1 saturated carbocycles. The number of hydrogen-bond donors (Lipinski definition) is 3. The lowest BCUT2D eigenvalue weighted by Crippen LogP contribution is -2.50. The third-order valence-corrected chi connectivity index (χ3v) is 3.36. The molecule has 8 heteroatoms. The van der Waals surface area contributed by atoms with Crippen LogP contribution in [0.25, 0.3) is 0 Å². The zero-order chi connectivity index (χ0) is 16.1. The molecule has 0 heterocycles. The molecule has 118 valence electrons. The van der Waals surface area contributed by atoms with Crippen molar-refractivity contribution in [2.75, 3.05) is 6.61 Å². The topological polar surface area (TPSA) is 96.5 Å². The van der Waals surface area contributed by atoms with Gasteiger partial charge < -0.3 is 10.1 Å². The summed E-state index contributed by atoms with van der Waals surface area (Å²) in [5.41, 5.74) is 4.95. The summed E-state index contributed by atoms with van der Waals surface area (Å²) in [6, 6.07) is 5.06. The first-order valence-corrected chi connectivity index (χ1v) is 7.12. The Morgan fingerprint density at radius 1 is 1.23 bits per heavy atom. The number of ether oxygens (including phenoxy) is 1. The summed E-state index contributed by atoms with van der Waals surface area (Å²) in [6.07, 6.45) is 1.75. The van der Waals surface area contributed by atoms with Crippen molar-refractivity contribution in [3.8, 4) is 5.75 Å². The molecule has 1 aromatic rings. The Hall–Kier alpha value is -2.28. The number of carbonyl (C=O) groups excluding carboxylic acids is 3. The highest BCUT2D eigenvalue weighted by atomic mass is 35.5. The van der Waals surface area contributed by atoms with Crippen molar-refractivity contribution in [2.45, 2.75) is 25.8 Å².